The molecule has 178 valence electrons. The zero-order valence-corrected chi connectivity index (χ0v) is 19.9. The first kappa shape index (κ1) is 23.7. The summed E-state index contributed by atoms with van der Waals surface area (Å²) < 4.78 is 17.6. The van der Waals surface area contributed by atoms with Crippen molar-refractivity contribution in [2.45, 2.75) is 26.1 Å². The average molecular weight is 484 g/mol. The van der Waals surface area contributed by atoms with Crippen molar-refractivity contribution in [1.82, 2.24) is 9.88 Å². The van der Waals surface area contributed by atoms with Crippen LogP contribution < -0.4 is 9.47 Å². The van der Waals surface area contributed by atoms with Gasteiger partial charge in [-0.3, -0.25) is 14.9 Å². The molecular formula is C24H25N3O6S. The Labute approximate surface area is 200 Å². The summed E-state index contributed by atoms with van der Waals surface area (Å²) >= 11 is 1.38. The minimum atomic E-state index is -0.417. The van der Waals surface area contributed by atoms with Gasteiger partial charge in [0.05, 0.1) is 34.5 Å². The van der Waals surface area contributed by atoms with E-state index >= 15 is 0 Å². The number of carbonyl (C=O) groups excluding carboxylic acids is 1. The van der Waals surface area contributed by atoms with Gasteiger partial charge in [-0.25, -0.2) is 4.98 Å². The molecule has 2 aromatic carbocycles. The van der Waals surface area contributed by atoms with Crippen LogP contribution in [0.25, 0.3) is 22.4 Å². The molecule has 2 heterocycles. The number of nitro groups is 1. The van der Waals surface area contributed by atoms with E-state index in [1.165, 1.54) is 23.5 Å². The Hall–Kier alpha value is -3.50. The number of fused-ring (bicyclic) bond motifs is 1. The van der Waals surface area contributed by atoms with E-state index in [4.69, 9.17) is 14.2 Å². The molecule has 1 aliphatic rings. The second-order valence-electron chi connectivity index (χ2n) is 8.05. The number of rotatable bonds is 7. The lowest BCUT2D eigenvalue weighted by atomic mass is 10.2. The van der Waals surface area contributed by atoms with Crippen LogP contribution in [0, 0.1) is 10.1 Å². The highest BCUT2D eigenvalue weighted by Gasteiger charge is 2.26. The van der Waals surface area contributed by atoms with Gasteiger partial charge in [-0.15, -0.1) is 11.3 Å². The summed E-state index contributed by atoms with van der Waals surface area (Å²) in [6, 6.07) is 10.1. The van der Waals surface area contributed by atoms with Gasteiger partial charge in [0.15, 0.2) is 18.1 Å². The van der Waals surface area contributed by atoms with Crippen LogP contribution in [0.4, 0.5) is 5.69 Å². The number of carbonyl (C=O) groups is 1. The summed E-state index contributed by atoms with van der Waals surface area (Å²) in [6.45, 7) is 4.91. The number of ether oxygens (including phenoxy) is 3. The smallest absolute Gasteiger partial charge is 0.270 e. The minimum absolute atomic E-state index is 0.00106. The predicted molar refractivity (Wildman–Crippen MR) is 130 cm³/mol. The van der Waals surface area contributed by atoms with E-state index < -0.39 is 4.92 Å². The Morgan fingerprint density at radius 3 is 2.68 bits per heavy atom. The van der Waals surface area contributed by atoms with E-state index in [9.17, 15) is 14.9 Å². The second-order valence-corrected chi connectivity index (χ2v) is 9.11. The molecule has 1 amide bonds. The van der Waals surface area contributed by atoms with E-state index in [1.54, 1.807) is 24.1 Å². The third-order valence-corrected chi connectivity index (χ3v) is 6.31. The molecule has 10 heteroatoms. The molecule has 0 saturated carbocycles. The molecule has 34 heavy (non-hydrogen) atoms. The summed E-state index contributed by atoms with van der Waals surface area (Å²) in [4.78, 5) is 29.4. The van der Waals surface area contributed by atoms with Crippen LogP contribution in [-0.2, 0) is 9.53 Å². The van der Waals surface area contributed by atoms with Crippen LogP contribution in [0.1, 0.15) is 24.4 Å². The zero-order chi connectivity index (χ0) is 24.2. The van der Waals surface area contributed by atoms with Crippen LogP contribution in [-0.4, -0.2) is 59.7 Å². The summed E-state index contributed by atoms with van der Waals surface area (Å²) in [5, 5.41) is 11.7. The first-order chi connectivity index (χ1) is 16.3. The Morgan fingerprint density at radius 2 is 1.97 bits per heavy atom. The van der Waals surface area contributed by atoms with Gasteiger partial charge in [-0.1, -0.05) is 12.1 Å². The van der Waals surface area contributed by atoms with Crippen molar-refractivity contribution in [3.63, 3.8) is 0 Å². The molecule has 1 aliphatic heterocycles. The molecule has 0 bridgehead atoms. The molecule has 1 fully saturated rings. The minimum Gasteiger partial charge on any atom is -0.493 e. The van der Waals surface area contributed by atoms with E-state index in [0.717, 1.165) is 15.3 Å². The summed E-state index contributed by atoms with van der Waals surface area (Å²) in [7, 11) is 1.54. The molecule has 0 unspecified atom stereocenters. The number of nitrogens with zero attached hydrogens (tertiary/aromatic N) is 3. The van der Waals surface area contributed by atoms with Gasteiger partial charge in [0, 0.05) is 25.2 Å². The third kappa shape index (κ3) is 5.52. The lowest BCUT2D eigenvalue weighted by Gasteiger charge is -2.35. The summed E-state index contributed by atoms with van der Waals surface area (Å²) in [6.07, 6.45) is 3.72. The maximum atomic E-state index is 12.6. The Bertz CT molecular complexity index is 1230. The Morgan fingerprint density at radius 1 is 1.21 bits per heavy atom. The van der Waals surface area contributed by atoms with E-state index in [1.807, 2.05) is 38.1 Å². The monoisotopic (exact) mass is 483 g/mol. The molecule has 1 saturated heterocycles. The van der Waals surface area contributed by atoms with Crippen LogP contribution in [0.2, 0.25) is 0 Å². The number of thiazole rings is 1. The second kappa shape index (κ2) is 10.2. The Kier molecular flexibility index (Phi) is 7.09. The van der Waals surface area contributed by atoms with Gasteiger partial charge in [0.2, 0.25) is 0 Å². The molecule has 3 aromatic rings. The van der Waals surface area contributed by atoms with Crippen LogP contribution in [0.15, 0.2) is 36.4 Å². The quantitative estimate of drug-likeness (QED) is 0.362. The highest BCUT2D eigenvalue weighted by atomic mass is 32.1. The van der Waals surface area contributed by atoms with Crippen LogP contribution in [0.5, 0.6) is 11.5 Å². The standard InChI is InChI=1S/C24H25N3O6S/c1-15-12-26(13-16(2)33-15)24(28)14-32-20-8-4-17(10-21(20)31-3)5-9-23-25-19-7-6-18(27(29)30)11-22(19)34-23/h4-11,15-16H,12-14H2,1-3H3/b9-5-/t15-,16+. The number of aromatic nitrogens is 1. The first-order valence-corrected chi connectivity index (χ1v) is 11.6. The van der Waals surface area contributed by atoms with E-state index in [2.05, 4.69) is 4.98 Å². The van der Waals surface area contributed by atoms with Crippen LogP contribution in [0.3, 0.4) is 0 Å². The van der Waals surface area contributed by atoms with Crippen molar-refractivity contribution in [1.29, 1.82) is 0 Å². The fourth-order valence-corrected chi connectivity index (χ4v) is 4.71. The van der Waals surface area contributed by atoms with Crippen molar-refractivity contribution in [2.75, 3.05) is 26.8 Å². The van der Waals surface area contributed by atoms with E-state index in [-0.39, 0.29) is 30.4 Å². The number of methoxy groups -OCH3 is 1. The van der Waals surface area contributed by atoms with Crippen molar-refractivity contribution in [2.24, 2.45) is 0 Å². The number of hydrogen-bond donors (Lipinski definition) is 0. The van der Waals surface area contributed by atoms with Gasteiger partial charge in [0.25, 0.3) is 11.6 Å². The number of morpholine rings is 1. The third-order valence-electron chi connectivity index (χ3n) is 5.33. The van der Waals surface area contributed by atoms with Crippen molar-refractivity contribution < 1.29 is 23.9 Å². The number of hydrogen-bond acceptors (Lipinski definition) is 8. The largest absolute Gasteiger partial charge is 0.493 e. The van der Waals surface area contributed by atoms with Crippen molar-refractivity contribution in [3.8, 4) is 11.5 Å². The predicted octanol–water partition coefficient (Wildman–Crippen LogP) is 4.40. The normalized spacial score (nSPS) is 18.4. The maximum Gasteiger partial charge on any atom is 0.270 e. The van der Waals surface area contributed by atoms with Crippen molar-refractivity contribution in [3.05, 3.63) is 57.1 Å². The summed E-state index contributed by atoms with van der Waals surface area (Å²) in [5.74, 6) is 0.900. The molecule has 0 radical (unpaired) electrons. The SMILES string of the molecule is COc1cc(/C=C\c2nc3ccc([N+](=O)[O-])cc3s2)ccc1OCC(=O)N1C[C@@H](C)O[C@@H](C)C1. The molecule has 0 N–H and O–H groups in total. The molecular weight excluding hydrogens is 458 g/mol. The molecule has 1 aromatic heterocycles. The average Bonchev–Trinajstić information content (AvgIpc) is 3.23. The first-order valence-electron chi connectivity index (χ1n) is 10.8. The van der Waals surface area contributed by atoms with E-state index in [0.29, 0.717) is 30.1 Å². The molecule has 4 rings (SSSR count). The molecule has 9 nitrogen and oxygen atoms in total. The molecule has 0 aliphatic carbocycles. The highest BCUT2D eigenvalue weighted by molar-refractivity contribution is 7.19. The van der Waals surface area contributed by atoms with Gasteiger partial charge in [0.1, 0.15) is 5.01 Å². The highest BCUT2D eigenvalue weighted by Crippen LogP contribution is 2.30. The fourth-order valence-electron chi connectivity index (χ4n) is 3.80. The maximum absolute atomic E-state index is 12.6. The summed E-state index contributed by atoms with van der Waals surface area (Å²) in [5.41, 5.74) is 1.62. The lowest BCUT2D eigenvalue weighted by molar-refractivity contribution is -0.384. The van der Waals surface area contributed by atoms with Crippen LogP contribution >= 0.6 is 11.3 Å². The number of benzene rings is 2. The number of nitro benzene ring substituents is 1. The number of amides is 1. The fraction of sp³-hybridized carbons (Fsp3) is 0.333. The van der Waals surface area contributed by atoms with Gasteiger partial charge >= 0.3 is 0 Å². The van der Waals surface area contributed by atoms with Gasteiger partial charge in [-0.2, -0.15) is 0 Å². The zero-order valence-electron chi connectivity index (χ0n) is 19.1. The Balaban J connectivity index is 1.42. The lowest BCUT2D eigenvalue weighted by Crippen LogP contribution is -2.49. The topological polar surface area (TPSA) is 104 Å². The molecule has 0 spiro atoms. The van der Waals surface area contributed by atoms with Gasteiger partial charge < -0.3 is 19.1 Å². The number of non-ortho nitro benzene ring substituents is 1. The van der Waals surface area contributed by atoms with Gasteiger partial charge in [-0.05, 0) is 43.7 Å². The molecule has 2 atom stereocenters. The van der Waals surface area contributed by atoms with Crippen molar-refractivity contribution >= 4 is 45.3 Å².